The topological polar surface area (TPSA) is 49.4 Å². The summed E-state index contributed by atoms with van der Waals surface area (Å²) in [7, 11) is 0. The SMILES string of the molecule is CC1C(=O)NC(=O)N1c1ccccc1. The lowest BCUT2D eigenvalue weighted by Crippen LogP contribution is -2.32. The maximum atomic E-state index is 11.4. The second-order valence-corrected chi connectivity index (χ2v) is 3.18. The van der Waals surface area contributed by atoms with Gasteiger partial charge in [-0.2, -0.15) is 0 Å². The Labute approximate surface area is 81.5 Å². The smallest absolute Gasteiger partial charge is 0.282 e. The molecule has 1 saturated heterocycles. The second kappa shape index (κ2) is 3.14. The van der Waals surface area contributed by atoms with Crippen LogP contribution in [0.1, 0.15) is 6.92 Å². The van der Waals surface area contributed by atoms with E-state index in [1.807, 2.05) is 18.2 Å². The van der Waals surface area contributed by atoms with Crippen LogP contribution in [0.4, 0.5) is 10.5 Å². The van der Waals surface area contributed by atoms with E-state index in [9.17, 15) is 9.59 Å². The lowest BCUT2D eigenvalue weighted by molar-refractivity contribution is -0.119. The fraction of sp³-hybridized carbons (Fsp3) is 0.200. The third-order valence-electron chi connectivity index (χ3n) is 2.25. The number of rotatable bonds is 1. The van der Waals surface area contributed by atoms with Crippen LogP contribution in [-0.4, -0.2) is 18.0 Å². The Hall–Kier alpha value is -1.84. The summed E-state index contributed by atoms with van der Waals surface area (Å²) in [6.45, 7) is 1.70. The molecule has 0 aliphatic carbocycles. The molecule has 72 valence electrons. The number of carbonyl (C=O) groups excluding carboxylic acids is 2. The first-order chi connectivity index (χ1) is 6.70. The fourth-order valence-corrected chi connectivity index (χ4v) is 1.49. The minimum absolute atomic E-state index is 0.251. The average molecular weight is 190 g/mol. The minimum Gasteiger partial charge on any atom is -0.282 e. The summed E-state index contributed by atoms with van der Waals surface area (Å²) >= 11 is 0. The molecule has 1 aliphatic rings. The molecule has 1 fully saturated rings. The van der Waals surface area contributed by atoms with Crippen LogP contribution in [0.3, 0.4) is 0 Å². The van der Waals surface area contributed by atoms with Crippen molar-refractivity contribution in [3.05, 3.63) is 30.3 Å². The monoisotopic (exact) mass is 190 g/mol. The number of amides is 3. The molecule has 1 atom stereocenters. The molecule has 0 spiro atoms. The van der Waals surface area contributed by atoms with Gasteiger partial charge in [-0.3, -0.25) is 15.0 Å². The van der Waals surface area contributed by atoms with Crippen molar-refractivity contribution >= 4 is 17.6 Å². The van der Waals surface area contributed by atoms with Gasteiger partial charge in [-0.15, -0.1) is 0 Å². The molecule has 1 unspecified atom stereocenters. The van der Waals surface area contributed by atoms with E-state index in [1.165, 1.54) is 4.90 Å². The molecule has 2 rings (SSSR count). The van der Waals surface area contributed by atoms with Gasteiger partial charge in [0.2, 0.25) is 0 Å². The van der Waals surface area contributed by atoms with Gasteiger partial charge < -0.3 is 0 Å². The van der Waals surface area contributed by atoms with Crippen molar-refractivity contribution in [2.24, 2.45) is 0 Å². The number of nitrogens with zero attached hydrogens (tertiary/aromatic N) is 1. The molecule has 1 N–H and O–H groups in total. The van der Waals surface area contributed by atoms with Gasteiger partial charge in [-0.05, 0) is 19.1 Å². The van der Waals surface area contributed by atoms with Gasteiger partial charge in [0.05, 0.1) is 0 Å². The molecule has 1 heterocycles. The number of hydrogen-bond acceptors (Lipinski definition) is 2. The highest BCUT2D eigenvalue weighted by atomic mass is 16.2. The van der Waals surface area contributed by atoms with Crippen molar-refractivity contribution in [3.8, 4) is 0 Å². The minimum atomic E-state index is -0.426. The third-order valence-corrected chi connectivity index (χ3v) is 2.25. The van der Waals surface area contributed by atoms with E-state index in [2.05, 4.69) is 5.32 Å². The highest BCUT2D eigenvalue weighted by Gasteiger charge is 2.35. The summed E-state index contributed by atoms with van der Waals surface area (Å²) in [6.07, 6.45) is 0. The third kappa shape index (κ3) is 1.25. The molecule has 14 heavy (non-hydrogen) atoms. The first-order valence-electron chi connectivity index (χ1n) is 4.39. The summed E-state index contributed by atoms with van der Waals surface area (Å²) < 4.78 is 0. The van der Waals surface area contributed by atoms with Gasteiger partial charge in [0.25, 0.3) is 5.91 Å². The van der Waals surface area contributed by atoms with Crippen molar-refractivity contribution in [2.75, 3.05) is 4.90 Å². The van der Waals surface area contributed by atoms with Crippen molar-refractivity contribution in [2.45, 2.75) is 13.0 Å². The van der Waals surface area contributed by atoms with E-state index < -0.39 is 6.04 Å². The Morgan fingerprint density at radius 3 is 2.36 bits per heavy atom. The summed E-state index contributed by atoms with van der Waals surface area (Å²) in [4.78, 5) is 24.0. The van der Waals surface area contributed by atoms with Crippen LogP contribution in [0.2, 0.25) is 0 Å². The van der Waals surface area contributed by atoms with Gasteiger partial charge in [0.15, 0.2) is 0 Å². The number of carbonyl (C=O) groups is 2. The van der Waals surface area contributed by atoms with Crippen molar-refractivity contribution < 1.29 is 9.59 Å². The Morgan fingerprint density at radius 1 is 1.21 bits per heavy atom. The van der Waals surface area contributed by atoms with Gasteiger partial charge in [-0.1, -0.05) is 18.2 Å². The lowest BCUT2D eigenvalue weighted by atomic mass is 10.2. The first-order valence-corrected chi connectivity index (χ1v) is 4.39. The number of imide groups is 1. The summed E-state index contributed by atoms with van der Waals surface area (Å²) in [5, 5.41) is 2.26. The van der Waals surface area contributed by atoms with E-state index in [0.717, 1.165) is 5.69 Å². The predicted octanol–water partition coefficient (Wildman–Crippen LogP) is 1.13. The lowest BCUT2D eigenvalue weighted by Gasteiger charge is -2.17. The van der Waals surface area contributed by atoms with Gasteiger partial charge in [0, 0.05) is 5.69 Å². The van der Waals surface area contributed by atoms with Crippen LogP contribution < -0.4 is 10.2 Å². The number of nitrogens with one attached hydrogen (secondary N) is 1. The highest BCUT2D eigenvalue weighted by Crippen LogP contribution is 2.19. The molecule has 0 radical (unpaired) electrons. The zero-order chi connectivity index (χ0) is 10.1. The number of hydrogen-bond donors (Lipinski definition) is 1. The molecule has 4 heteroatoms. The van der Waals surface area contributed by atoms with Crippen LogP contribution in [0.25, 0.3) is 0 Å². The largest absolute Gasteiger partial charge is 0.329 e. The van der Waals surface area contributed by atoms with E-state index >= 15 is 0 Å². The Balaban J connectivity index is 2.36. The molecule has 3 amide bonds. The maximum absolute atomic E-state index is 11.4. The molecule has 0 bridgehead atoms. The quantitative estimate of drug-likeness (QED) is 0.675. The van der Waals surface area contributed by atoms with Crippen molar-refractivity contribution in [1.82, 2.24) is 5.32 Å². The molecule has 0 aromatic heterocycles. The standard InChI is InChI=1S/C10H10N2O2/c1-7-9(13)11-10(14)12(7)8-5-3-2-4-6-8/h2-7H,1H3,(H,11,13,14). The Kier molecular flexibility index (Phi) is 1.96. The zero-order valence-corrected chi connectivity index (χ0v) is 7.73. The molecule has 1 aliphatic heterocycles. The van der Waals surface area contributed by atoms with E-state index in [4.69, 9.17) is 0 Å². The van der Waals surface area contributed by atoms with Gasteiger partial charge in [-0.25, -0.2) is 4.79 Å². The average Bonchev–Trinajstić information content (AvgIpc) is 2.43. The molecule has 0 saturated carbocycles. The van der Waals surface area contributed by atoms with E-state index in [0.29, 0.717) is 0 Å². The van der Waals surface area contributed by atoms with Gasteiger partial charge >= 0.3 is 6.03 Å². The van der Waals surface area contributed by atoms with Crippen LogP contribution in [0.5, 0.6) is 0 Å². The molecule has 1 aromatic rings. The molecular weight excluding hydrogens is 180 g/mol. The summed E-state index contributed by atoms with van der Waals surface area (Å²) in [5.74, 6) is -0.251. The van der Waals surface area contributed by atoms with Gasteiger partial charge in [0.1, 0.15) is 6.04 Å². The van der Waals surface area contributed by atoms with Crippen LogP contribution in [0, 0.1) is 0 Å². The van der Waals surface area contributed by atoms with E-state index in [1.54, 1.807) is 19.1 Å². The zero-order valence-electron chi connectivity index (χ0n) is 7.73. The number of benzene rings is 1. The Bertz CT molecular complexity index is 375. The second-order valence-electron chi connectivity index (χ2n) is 3.18. The summed E-state index contributed by atoms with van der Waals surface area (Å²) in [5.41, 5.74) is 0.739. The maximum Gasteiger partial charge on any atom is 0.329 e. The normalized spacial score (nSPS) is 21.2. The number of anilines is 1. The van der Waals surface area contributed by atoms with E-state index in [-0.39, 0.29) is 11.9 Å². The van der Waals surface area contributed by atoms with Crippen molar-refractivity contribution in [3.63, 3.8) is 0 Å². The number of para-hydroxylation sites is 1. The fourth-order valence-electron chi connectivity index (χ4n) is 1.49. The van der Waals surface area contributed by atoms with Crippen LogP contribution in [-0.2, 0) is 4.79 Å². The predicted molar refractivity (Wildman–Crippen MR) is 51.9 cm³/mol. The van der Waals surface area contributed by atoms with Crippen molar-refractivity contribution in [1.29, 1.82) is 0 Å². The van der Waals surface area contributed by atoms with Crippen LogP contribution >= 0.6 is 0 Å². The molecule has 4 nitrogen and oxygen atoms in total. The molecular formula is C10H10N2O2. The molecule has 1 aromatic carbocycles. The Morgan fingerprint density at radius 2 is 1.86 bits per heavy atom. The first kappa shape index (κ1) is 8.74. The van der Waals surface area contributed by atoms with Crippen LogP contribution in [0.15, 0.2) is 30.3 Å². The highest BCUT2D eigenvalue weighted by molar-refractivity contribution is 6.14. The summed E-state index contributed by atoms with van der Waals surface area (Å²) in [6, 6.07) is 8.35. The number of urea groups is 1.